The Kier molecular flexibility index (Phi) is 7.75. The van der Waals surface area contributed by atoms with Crippen molar-refractivity contribution < 1.29 is 14.5 Å². The van der Waals surface area contributed by atoms with Gasteiger partial charge in [-0.25, -0.2) is 0 Å². The molecule has 0 fully saturated rings. The van der Waals surface area contributed by atoms with Crippen LogP contribution in [0, 0.1) is 0 Å². The van der Waals surface area contributed by atoms with Gasteiger partial charge in [0.1, 0.15) is 0 Å². The molecule has 0 aliphatic heterocycles. The number of amides is 2. The maximum Gasteiger partial charge on any atom is 0.275 e. The summed E-state index contributed by atoms with van der Waals surface area (Å²) in [6.07, 6.45) is 0.818. The normalized spacial score (nSPS) is 12.5. The van der Waals surface area contributed by atoms with Gasteiger partial charge >= 0.3 is 0 Å². The van der Waals surface area contributed by atoms with E-state index in [2.05, 4.69) is 10.6 Å². The Bertz CT molecular complexity index is 495. The topological polar surface area (TPSA) is 62.6 Å². The zero-order chi connectivity index (χ0) is 17.3. The molecule has 0 aromatic heterocycles. The minimum Gasteiger partial charge on any atom is -0.351 e. The summed E-state index contributed by atoms with van der Waals surface area (Å²) in [6.45, 7) is 9.84. The molecule has 1 unspecified atom stereocenters. The monoisotopic (exact) mass is 320 g/mol. The number of benzene rings is 1. The van der Waals surface area contributed by atoms with Crippen molar-refractivity contribution in [3.63, 3.8) is 0 Å². The van der Waals surface area contributed by atoms with E-state index < -0.39 is 0 Å². The largest absolute Gasteiger partial charge is 0.351 e. The second-order valence-electron chi connectivity index (χ2n) is 6.84. The highest BCUT2D eigenvalue weighted by Gasteiger charge is 2.20. The number of quaternary nitrogens is 1. The minimum absolute atomic E-state index is 0.0126. The lowest BCUT2D eigenvalue weighted by Gasteiger charge is -2.23. The smallest absolute Gasteiger partial charge is 0.275 e. The Labute approximate surface area is 139 Å². The molecule has 3 N–H and O–H groups in total. The zero-order valence-corrected chi connectivity index (χ0v) is 14.7. The van der Waals surface area contributed by atoms with Crippen LogP contribution in [0.4, 0.5) is 0 Å². The maximum atomic E-state index is 12.0. The van der Waals surface area contributed by atoms with Gasteiger partial charge < -0.3 is 15.5 Å². The van der Waals surface area contributed by atoms with Gasteiger partial charge in [-0.2, -0.15) is 0 Å². The van der Waals surface area contributed by atoms with Gasteiger partial charge in [0, 0.05) is 12.1 Å². The lowest BCUT2D eigenvalue weighted by atomic mass is 10.1. The van der Waals surface area contributed by atoms with Crippen molar-refractivity contribution in [2.75, 3.05) is 26.2 Å². The summed E-state index contributed by atoms with van der Waals surface area (Å²) in [7, 11) is 0. The van der Waals surface area contributed by atoms with E-state index in [0.717, 1.165) is 17.9 Å². The number of hydrogen-bond acceptors (Lipinski definition) is 2. The molecule has 1 aromatic carbocycles. The Morgan fingerprint density at radius 2 is 1.65 bits per heavy atom. The van der Waals surface area contributed by atoms with E-state index in [-0.39, 0.29) is 17.4 Å². The van der Waals surface area contributed by atoms with Gasteiger partial charge in [-0.3, -0.25) is 9.59 Å². The van der Waals surface area contributed by atoms with Crippen LogP contribution < -0.4 is 15.5 Å². The predicted molar refractivity (Wildman–Crippen MR) is 92.3 cm³/mol. The van der Waals surface area contributed by atoms with E-state index in [1.807, 2.05) is 58.0 Å². The van der Waals surface area contributed by atoms with Gasteiger partial charge in [-0.05, 0) is 39.7 Å². The van der Waals surface area contributed by atoms with Gasteiger partial charge in [-0.1, -0.05) is 30.3 Å². The summed E-state index contributed by atoms with van der Waals surface area (Å²) in [5.74, 6) is -0.0345. The Hall–Kier alpha value is -1.88. The van der Waals surface area contributed by atoms with Crippen molar-refractivity contribution in [3.8, 4) is 0 Å². The third kappa shape index (κ3) is 8.98. The molecule has 5 nitrogen and oxygen atoms in total. The van der Waals surface area contributed by atoms with Crippen LogP contribution in [0.5, 0.6) is 0 Å². The molecule has 1 aromatic rings. The average Bonchev–Trinajstić information content (AvgIpc) is 2.45. The van der Waals surface area contributed by atoms with Crippen molar-refractivity contribution in [1.82, 2.24) is 10.6 Å². The molecule has 0 heterocycles. The number of carbonyl (C=O) groups excluding carboxylic acids is 2. The molecular weight excluding hydrogens is 290 g/mol. The third-order valence-electron chi connectivity index (χ3n) is 3.41. The van der Waals surface area contributed by atoms with Crippen molar-refractivity contribution in [1.29, 1.82) is 0 Å². The van der Waals surface area contributed by atoms with Crippen LogP contribution >= 0.6 is 0 Å². The second kappa shape index (κ2) is 9.30. The fourth-order valence-electron chi connectivity index (χ4n) is 2.28. The van der Waals surface area contributed by atoms with Crippen LogP contribution in [-0.4, -0.2) is 43.5 Å². The first-order chi connectivity index (χ1) is 10.8. The molecule has 0 aliphatic carbocycles. The Balaban J connectivity index is 2.31. The molecule has 0 spiro atoms. The summed E-state index contributed by atoms with van der Waals surface area (Å²) in [6, 6.07) is 10.1. The van der Waals surface area contributed by atoms with Crippen LogP contribution in [0.3, 0.4) is 0 Å². The van der Waals surface area contributed by atoms with Gasteiger partial charge in [0.15, 0.2) is 13.1 Å². The molecular formula is C18H30N3O2+. The van der Waals surface area contributed by atoms with Gasteiger partial charge in [0.05, 0.1) is 6.54 Å². The van der Waals surface area contributed by atoms with Crippen molar-refractivity contribution in [2.45, 2.75) is 39.7 Å². The summed E-state index contributed by atoms with van der Waals surface area (Å²) in [4.78, 5) is 24.9. The molecule has 23 heavy (non-hydrogen) atoms. The minimum atomic E-state index is -0.242. The number of nitrogens with one attached hydrogen (secondary N) is 3. The van der Waals surface area contributed by atoms with Crippen LogP contribution in [0.25, 0.3) is 0 Å². The van der Waals surface area contributed by atoms with E-state index in [0.29, 0.717) is 19.6 Å². The summed E-state index contributed by atoms with van der Waals surface area (Å²) in [5.41, 5.74) is 0.963. The van der Waals surface area contributed by atoms with Gasteiger partial charge in [0.25, 0.3) is 11.8 Å². The standard InChI is InChI=1S/C18H29N3O2/c1-5-21(14-17(23)20-18(2,3)4)13-16(22)19-12-11-15-9-7-6-8-10-15/h6-10H,5,11-14H2,1-4H3,(H,19,22)(H,20,23)/p+1. The molecule has 5 heteroatoms. The Morgan fingerprint density at radius 1 is 1.04 bits per heavy atom. The van der Waals surface area contributed by atoms with Crippen LogP contribution in [-0.2, 0) is 16.0 Å². The first kappa shape index (κ1) is 19.2. The molecule has 128 valence electrons. The van der Waals surface area contributed by atoms with Crippen LogP contribution in [0.1, 0.15) is 33.3 Å². The lowest BCUT2D eigenvalue weighted by molar-refractivity contribution is -0.881. The molecule has 0 radical (unpaired) electrons. The molecule has 0 bridgehead atoms. The highest BCUT2D eigenvalue weighted by molar-refractivity contribution is 5.79. The first-order valence-corrected chi connectivity index (χ1v) is 8.25. The highest BCUT2D eigenvalue weighted by Crippen LogP contribution is 1.98. The molecule has 1 atom stereocenters. The SMILES string of the molecule is CC[NH+](CC(=O)NCCc1ccccc1)CC(=O)NC(C)(C)C. The van der Waals surface area contributed by atoms with Gasteiger partial charge in [0.2, 0.25) is 0 Å². The number of carbonyl (C=O) groups is 2. The number of likely N-dealkylation sites (N-methyl/N-ethyl adjacent to an activating group) is 1. The van der Waals surface area contributed by atoms with Crippen molar-refractivity contribution in [2.24, 2.45) is 0 Å². The molecule has 2 amide bonds. The Morgan fingerprint density at radius 3 is 2.22 bits per heavy atom. The molecule has 0 aliphatic rings. The summed E-state index contributed by atoms with van der Waals surface area (Å²) < 4.78 is 0. The number of hydrogen-bond donors (Lipinski definition) is 3. The molecule has 0 saturated carbocycles. The zero-order valence-electron chi connectivity index (χ0n) is 14.7. The maximum absolute atomic E-state index is 12.0. The fourth-order valence-corrected chi connectivity index (χ4v) is 2.28. The van der Waals surface area contributed by atoms with E-state index in [9.17, 15) is 9.59 Å². The van der Waals surface area contributed by atoms with E-state index in [1.54, 1.807) is 0 Å². The van der Waals surface area contributed by atoms with E-state index >= 15 is 0 Å². The average molecular weight is 320 g/mol. The second-order valence-corrected chi connectivity index (χ2v) is 6.84. The third-order valence-corrected chi connectivity index (χ3v) is 3.41. The molecule has 1 rings (SSSR count). The van der Waals surface area contributed by atoms with Crippen LogP contribution in [0.15, 0.2) is 30.3 Å². The summed E-state index contributed by atoms with van der Waals surface area (Å²) in [5, 5.41) is 5.86. The lowest BCUT2D eigenvalue weighted by Crippen LogP contribution is -3.14. The van der Waals surface area contributed by atoms with E-state index in [1.165, 1.54) is 5.56 Å². The van der Waals surface area contributed by atoms with Gasteiger partial charge in [-0.15, -0.1) is 0 Å². The first-order valence-electron chi connectivity index (χ1n) is 8.25. The van der Waals surface area contributed by atoms with Crippen molar-refractivity contribution in [3.05, 3.63) is 35.9 Å². The summed E-state index contributed by atoms with van der Waals surface area (Å²) >= 11 is 0. The van der Waals surface area contributed by atoms with E-state index in [4.69, 9.17) is 0 Å². The highest BCUT2D eigenvalue weighted by atomic mass is 16.2. The van der Waals surface area contributed by atoms with Crippen molar-refractivity contribution >= 4 is 11.8 Å². The molecule has 0 saturated heterocycles. The number of rotatable bonds is 8. The predicted octanol–water partition coefficient (Wildman–Crippen LogP) is 0.165. The quantitative estimate of drug-likeness (QED) is 0.639. The fraction of sp³-hybridized carbons (Fsp3) is 0.556. The van der Waals surface area contributed by atoms with Crippen LogP contribution in [0.2, 0.25) is 0 Å².